The van der Waals surface area contributed by atoms with Gasteiger partial charge in [0.15, 0.2) is 17.4 Å². The van der Waals surface area contributed by atoms with E-state index < -0.39 is 65.0 Å². The second-order valence-corrected chi connectivity index (χ2v) is 8.61. The highest BCUT2D eigenvalue weighted by Crippen LogP contribution is 2.59. The van der Waals surface area contributed by atoms with Crippen molar-refractivity contribution >= 4 is 17.9 Å². The number of nitrogens with zero attached hydrogens (tertiary/aromatic N) is 1. The third-order valence-electron chi connectivity index (χ3n) is 6.79. The lowest BCUT2D eigenvalue weighted by Crippen LogP contribution is -2.55. The maximum atomic E-state index is 13.9. The molecule has 3 aliphatic rings. The zero-order chi connectivity index (χ0) is 22.0. The minimum atomic E-state index is -1.71. The van der Waals surface area contributed by atoms with Crippen molar-refractivity contribution in [2.45, 2.75) is 38.6 Å². The summed E-state index contributed by atoms with van der Waals surface area (Å²) in [5.41, 5.74) is 0.411. The third-order valence-corrected chi connectivity index (χ3v) is 6.79. The molecule has 0 unspecified atom stereocenters. The second-order valence-electron chi connectivity index (χ2n) is 8.61. The summed E-state index contributed by atoms with van der Waals surface area (Å²) in [6.45, 7) is 3.77. The first-order chi connectivity index (χ1) is 14.1. The molecule has 8 nitrogen and oxygen atoms in total. The molecular weight excluding hydrogens is 397 g/mol. The molecule has 0 radical (unpaired) electrons. The Bertz CT molecular complexity index is 919. The summed E-state index contributed by atoms with van der Waals surface area (Å²) in [6, 6.07) is 3.82. The van der Waals surface area contributed by atoms with E-state index in [9.17, 15) is 29.0 Å². The highest BCUT2D eigenvalue weighted by atomic mass is 19.1. The van der Waals surface area contributed by atoms with Gasteiger partial charge in [0.1, 0.15) is 0 Å². The molecule has 0 bridgehead atoms. The first kappa shape index (κ1) is 20.7. The van der Waals surface area contributed by atoms with Gasteiger partial charge in [0.25, 0.3) is 0 Å². The first-order valence-electron chi connectivity index (χ1n) is 9.94. The van der Waals surface area contributed by atoms with Crippen LogP contribution >= 0.6 is 0 Å². The van der Waals surface area contributed by atoms with E-state index in [1.54, 1.807) is 0 Å². The minimum Gasteiger partial charge on any atom is -0.505 e. The van der Waals surface area contributed by atoms with Gasteiger partial charge >= 0.3 is 6.09 Å². The Balaban J connectivity index is 1.74. The van der Waals surface area contributed by atoms with Crippen LogP contribution in [0, 0.1) is 35.4 Å². The maximum absolute atomic E-state index is 13.9. The molecule has 1 aliphatic carbocycles. The lowest BCUT2D eigenvalue weighted by molar-refractivity contribution is -0.276. The van der Waals surface area contributed by atoms with E-state index in [-0.39, 0.29) is 18.8 Å². The number of aliphatic hydroxyl groups is 1. The number of fused-ring (bicyclic) bond motifs is 3. The molecule has 1 aromatic carbocycles. The van der Waals surface area contributed by atoms with E-state index in [0.29, 0.717) is 10.5 Å². The fraction of sp³-hybridized carbons (Fsp3) is 0.571. The Morgan fingerprint density at radius 2 is 2.00 bits per heavy atom. The van der Waals surface area contributed by atoms with E-state index >= 15 is 0 Å². The molecule has 3 amide bonds. The Morgan fingerprint density at radius 3 is 2.60 bits per heavy atom. The molecule has 162 valence electrons. The largest absolute Gasteiger partial charge is 0.505 e. The number of carbonyl (C=O) groups excluding carboxylic acids is 3. The van der Waals surface area contributed by atoms with Crippen LogP contribution in [-0.4, -0.2) is 45.9 Å². The summed E-state index contributed by atoms with van der Waals surface area (Å²) in [5.74, 6) is -7.34. The van der Waals surface area contributed by atoms with Crippen molar-refractivity contribution in [3.8, 4) is 5.75 Å². The smallest absolute Gasteiger partial charge is 0.423 e. The number of carbonyl (C=O) groups is 3. The number of phenols is 1. The molecule has 3 fully saturated rings. The quantitative estimate of drug-likeness (QED) is 0.705. The lowest BCUT2D eigenvalue weighted by Gasteiger charge is -2.46. The number of likely N-dealkylation sites (tertiary alicyclic amines) is 1. The van der Waals surface area contributed by atoms with Crippen molar-refractivity contribution in [1.82, 2.24) is 4.90 Å². The molecule has 0 spiro atoms. The maximum Gasteiger partial charge on any atom is 0.423 e. The highest BCUT2D eigenvalue weighted by molar-refractivity contribution is 6.15. The number of aromatic hydroxyl groups is 1. The van der Waals surface area contributed by atoms with Gasteiger partial charge in [-0.15, -0.1) is 0 Å². The van der Waals surface area contributed by atoms with Crippen LogP contribution in [0.4, 0.5) is 9.18 Å². The molecular formula is C21H24FNO7. The third kappa shape index (κ3) is 2.83. The molecule has 0 aromatic heterocycles. The van der Waals surface area contributed by atoms with Gasteiger partial charge in [-0.05, 0) is 36.5 Å². The second kappa shape index (κ2) is 7.02. The number of phenolic OH excluding ortho intramolecular Hbond substituents is 1. The minimum absolute atomic E-state index is 0.0798. The number of ether oxygens (including phenoxy) is 2. The number of benzene rings is 1. The van der Waals surface area contributed by atoms with Crippen LogP contribution < -0.4 is 0 Å². The fourth-order valence-corrected chi connectivity index (χ4v) is 5.37. The number of rotatable bonds is 2. The monoisotopic (exact) mass is 421 g/mol. The Hall–Kier alpha value is -2.52. The van der Waals surface area contributed by atoms with Crippen LogP contribution in [0.25, 0.3) is 0 Å². The molecule has 4 rings (SSSR count). The van der Waals surface area contributed by atoms with Gasteiger partial charge in [0.05, 0.1) is 25.0 Å². The van der Waals surface area contributed by atoms with Gasteiger partial charge in [-0.25, -0.2) is 9.18 Å². The number of halogens is 1. The van der Waals surface area contributed by atoms with Crippen LogP contribution in [-0.2, 0) is 19.1 Å². The predicted octanol–water partition coefficient (Wildman–Crippen LogP) is 2.34. The first-order valence-corrected chi connectivity index (χ1v) is 9.94. The molecule has 2 heterocycles. The molecule has 9 heteroatoms. The van der Waals surface area contributed by atoms with Crippen molar-refractivity contribution in [3.05, 3.63) is 29.6 Å². The molecule has 1 aromatic rings. The zero-order valence-electron chi connectivity index (χ0n) is 16.9. The van der Waals surface area contributed by atoms with Crippen LogP contribution in [0.2, 0.25) is 0 Å². The predicted molar refractivity (Wildman–Crippen MR) is 99.1 cm³/mol. The SMILES string of the molecule is COC(=O)N1C(=O)[C@H]2[C@H](C[C@H](C(C)C)[C@@]3(O)O[C@H](c4ccc(O)c(F)c4)C[C@@H]23)C1=O. The fourth-order valence-electron chi connectivity index (χ4n) is 5.37. The molecule has 2 saturated heterocycles. The van der Waals surface area contributed by atoms with Gasteiger partial charge in [-0.2, -0.15) is 4.90 Å². The van der Waals surface area contributed by atoms with Crippen molar-refractivity contribution < 1.29 is 38.5 Å². The summed E-state index contributed by atoms with van der Waals surface area (Å²) < 4.78 is 24.5. The van der Waals surface area contributed by atoms with Gasteiger partial charge < -0.3 is 19.7 Å². The zero-order valence-corrected chi connectivity index (χ0v) is 16.9. The molecule has 6 atom stereocenters. The average Bonchev–Trinajstić information content (AvgIpc) is 3.17. The number of hydrogen-bond donors (Lipinski definition) is 2. The topological polar surface area (TPSA) is 113 Å². The van der Waals surface area contributed by atoms with Gasteiger partial charge in [0.2, 0.25) is 11.8 Å². The van der Waals surface area contributed by atoms with E-state index in [1.165, 1.54) is 12.1 Å². The number of methoxy groups -OCH3 is 1. The van der Waals surface area contributed by atoms with E-state index in [2.05, 4.69) is 4.74 Å². The molecule has 2 aliphatic heterocycles. The molecule has 30 heavy (non-hydrogen) atoms. The number of imide groups is 3. The Kier molecular flexibility index (Phi) is 4.85. The number of amides is 3. The van der Waals surface area contributed by atoms with Crippen LogP contribution in [0.15, 0.2) is 18.2 Å². The van der Waals surface area contributed by atoms with E-state index in [1.807, 2.05) is 13.8 Å². The number of hydrogen-bond acceptors (Lipinski definition) is 7. The van der Waals surface area contributed by atoms with Gasteiger partial charge in [-0.3, -0.25) is 9.59 Å². The summed E-state index contributed by atoms with van der Waals surface area (Å²) in [7, 11) is 1.09. The van der Waals surface area contributed by atoms with Gasteiger partial charge in [-0.1, -0.05) is 19.9 Å². The summed E-state index contributed by atoms with van der Waals surface area (Å²) >= 11 is 0. The van der Waals surface area contributed by atoms with Crippen LogP contribution in [0.5, 0.6) is 5.75 Å². The highest BCUT2D eigenvalue weighted by Gasteiger charge is 2.68. The van der Waals surface area contributed by atoms with Crippen molar-refractivity contribution in [2.24, 2.45) is 29.6 Å². The molecule has 1 saturated carbocycles. The Labute approximate surface area is 172 Å². The van der Waals surface area contributed by atoms with Crippen molar-refractivity contribution in [3.63, 3.8) is 0 Å². The van der Waals surface area contributed by atoms with E-state index in [0.717, 1.165) is 13.2 Å². The summed E-state index contributed by atoms with van der Waals surface area (Å²) in [6.07, 6.45) is -1.42. The van der Waals surface area contributed by atoms with E-state index in [4.69, 9.17) is 4.74 Å². The normalized spacial score (nSPS) is 35.5. The summed E-state index contributed by atoms with van der Waals surface area (Å²) in [5, 5.41) is 21.0. The molecule has 2 N–H and O–H groups in total. The van der Waals surface area contributed by atoms with Gasteiger partial charge in [0, 0.05) is 11.8 Å². The van der Waals surface area contributed by atoms with Crippen molar-refractivity contribution in [1.29, 1.82) is 0 Å². The van der Waals surface area contributed by atoms with Crippen LogP contribution in [0.1, 0.15) is 38.4 Å². The standard InChI is InChI=1S/C21H24FNO7/c1-9(2)12-7-11-17(19(26)23(18(11)25)20(27)29-3)13-8-16(30-21(12,13)28)10-4-5-15(24)14(22)6-10/h4-6,9,11-13,16-17,24,28H,7-8H2,1-3H3/t11-,12+,13-,16-,17-,21+/m0/s1. The lowest BCUT2D eigenvalue weighted by atomic mass is 9.62. The van der Waals surface area contributed by atoms with Crippen molar-refractivity contribution in [2.75, 3.05) is 7.11 Å². The average molecular weight is 421 g/mol. The Morgan fingerprint density at radius 1 is 1.30 bits per heavy atom. The van der Waals surface area contributed by atoms with Crippen LogP contribution in [0.3, 0.4) is 0 Å². The summed E-state index contributed by atoms with van der Waals surface area (Å²) in [4.78, 5) is 38.4.